The second-order valence-electron chi connectivity index (χ2n) is 4.20. The average Bonchev–Trinajstić information content (AvgIpc) is 2.93. The van der Waals surface area contributed by atoms with Gasteiger partial charge in [-0.2, -0.15) is 0 Å². The highest BCUT2D eigenvalue weighted by Crippen LogP contribution is 2.21. The molecular weight excluding hydrogens is 236 g/mol. The maximum absolute atomic E-state index is 11.2. The van der Waals surface area contributed by atoms with E-state index in [0.717, 1.165) is 0 Å². The largest absolute Gasteiger partial charge is 0.478 e. The third kappa shape index (κ3) is 1.60. The van der Waals surface area contributed by atoms with E-state index in [4.69, 9.17) is 5.11 Å². The van der Waals surface area contributed by atoms with Gasteiger partial charge in [0.1, 0.15) is 5.52 Å². The molecule has 1 aliphatic heterocycles. The third-order valence-corrected chi connectivity index (χ3v) is 3.02. The molecule has 0 bridgehead atoms. The van der Waals surface area contributed by atoms with Gasteiger partial charge in [-0.15, -0.1) is 5.10 Å². The van der Waals surface area contributed by atoms with Crippen molar-refractivity contribution in [1.29, 1.82) is 0 Å². The van der Waals surface area contributed by atoms with E-state index in [0.29, 0.717) is 24.0 Å². The van der Waals surface area contributed by atoms with E-state index in [-0.39, 0.29) is 17.5 Å². The van der Waals surface area contributed by atoms with Crippen molar-refractivity contribution in [2.75, 3.05) is 6.54 Å². The first-order valence-electron chi connectivity index (χ1n) is 5.50. The van der Waals surface area contributed by atoms with Gasteiger partial charge in [-0.25, -0.2) is 9.48 Å². The molecule has 1 fully saturated rings. The van der Waals surface area contributed by atoms with E-state index in [1.54, 1.807) is 10.7 Å². The number of nitrogens with one attached hydrogen (secondary N) is 1. The number of carbonyl (C=O) groups is 2. The minimum Gasteiger partial charge on any atom is -0.478 e. The first-order valence-corrected chi connectivity index (χ1v) is 5.50. The third-order valence-electron chi connectivity index (χ3n) is 3.02. The zero-order chi connectivity index (χ0) is 12.7. The summed E-state index contributed by atoms with van der Waals surface area (Å²) >= 11 is 0. The monoisotopic (exact) mass is 246 g/mol. The van der Waals surface area contributed by atoms with E-state index in [1.165, 1.54) is 12.1 Å². The topological polar surface area (TPSA) is 97.1 Å². The zero-order valence-electron chi connectivity index (χ0n) is 9.33. The first kappa shape index (κ1) is 10.7. The summed E-state index contributed by atoms with van der Waals surface area (Å²) in [7, 11) is 0. The molecule has 0 radical (unpaired) electrons. The van der Waals surface area contributed by atoms with Crippen LogP contribution in [0.5, 0.6) is 0 Å². The number of benzene rings is 1. The molecule has 1 atom stereocenters. The molecule has 7 nitrogen and oxygen atoms in total. The number of amides is 1. The van der Waals surface area contributed by atoms with Gasteiger partial charge in [0, 0.05) is 6.54 Å². The highest BCUT2D eigenvalue weighted by atomic mass is 16.4. The number of nitrogens with zero attached hydrogens (tertiary/aromatic N) is 3. The van der Waals surface area contributed by atoms with Gasteiger partial charge < -0.3 is 10.4 Å². The minimum absolute atomic E-state index is 0.0296. The van der Waals surface area contributed by atoms with Crippen molar-refractivity contribution >= 4 is 22.9 Å². The Morgan fingerprint density at radius 2 is 2.33 bits per heavy atom. The van der Waals surface area contributed by atoms with Crippen molar-refractivity contribution in [3.8, 4) is 0 Å². The highest BCUT2D eigenvalue weighted by Gasteiger charge is 2.25. The fourth-order valence-electron chi connectivity index (χ4n) is 2.10. The summed E-state index contributed by atoms with van der Waals surface area (Å²) in [6.45, 7) is 0.495. The molecule has 92 valence electrons. The highest BCUT2D eigenvalue weighted by molar-refractivity contribution is 5.92. The molecule has 1 aromatic carbocycles. The Bertz CT molecular complexity index is 649. The van der Waals surface area contributed by atoms with E-state index >= 15 is 0 Å². The molecule has 2 N–H and O–H groups in total. The predicted octanol–water partition coefficient (Wildman–Crippen LogP) is 0.191. The molecule has 18 heavy (non-hydrogen) atoms. The lowest BCUT2D eigenvalue weighted by molar-refractivity contribution is -0.119. The summed E-state index contributed by atoms with van der Waals surface area (Å²) in [6, 6.07) is 4.53. The minimum atomic E-state index is -0.995. The molecule has 3 rings (SSSR count). The van der Waals surface area contributed by atoms with Crippen molar-refractivity contribution in [2.24, 2.45) is 0 Å². The summed E-state index contributed by atoms with van der Waals surface area (Å²) in [5.41, 5.74) is 1.44. The van der Waals surface area contributed by atoms with E-state index in [9.17, 15) is 9.59 Å². The summed E-state index contributed by atoms with van der Waals surface area (Å²) in [6.07, 6.45) is 0.343. The van der Waals surface area contributed by atoms with Crippen LogP contribution in [0.2, 0.25) is 0 Å². The van der Waals surface area contributed by atoms with Crippen molar-refractivity contribution in [1.82, 2.24) is 20.3 Å². The number of carbonyl (C=O) groups excluding carboxylic acids is 1. The zero-order valence-corrected chi connectivity index (χ0v) is 9.33. The lowest BCUT2D eigenvalue weighted by Crippen LogP contribution is -2.16. The van der Waals surface area contributed by atoms with Crippen LogP contribution in [0.4, 0.5) is 0 Å². The van der Waals surface area contributed by atoms with Crippen molar-refractivity contribution in [3.63, 3.8) is 0 Å². The van der Waals surface area contributed by atoms with Crippen LogP contribution in [-0.4, -0.2) is 38.5 Å². The van der Waals surface area contributed by atoms with Crippen molar-refractivity contribution in [3.05, 3.63) is 23.8 Å². The fourth-order valence-corrected chi connectivity index (χ4v) is 2.10. The predicted molar refractivity (Wildman–Crippen MR) is 61.2 cm³/mol. The number of rotatable bonds is 2. The van der Waals surface area contributed by atoms with Crippen LogP contribution in [0.25, 0.3) is 11.0 Å². The number of fused-ring (bicyclic) bond motifs is 1. The molecule has 2 heterocycles. The van der Waals surface area contributed by atoms with E-state index < -0.39 is 5.97 Å². The Labute approximate surface area is 101 Å². The second kappa shape index (κ2) is 3.80. The van der Waals surface area contributed by atoms with Crippen LogP contribution < -0.4 is 5.32 Å². The Kier molecular flexibility index (Phi) is 2.26. The molecule has 1 amide bonds. The summed E-state index contributed by atoms with van der Waals surface area (Å²) in [5.74, 6) is -1.02. The number of carboxylic acid groups (broad SMARTS) is 1. The average molecular weight is 246 g/mol. The standard InChI is InChI=1S/C11H10N4O3/c16-10-4-7(5-12-10)15-9-3-6(11(17)18)1-2-8(9)13-14-15/h1-3,7H,4-5H2,(H,12,16)(H,17,18). The number of carboxylic acids is 1. The Hall–Kier alpha value is -2.44. The van der Waals surface area contributed by atoms with Crippen LogP contribution in [-0.2, 0) is 4.79 Å². The van der Waals surface area contributed by atoms with E-state index in [2.05, 4.69) is 15.6 Å². The van der Waals surface area contributed by atoms with E-state index in [1.807, 2.05) is 0 Å². The maximum Gasteiger partial charge on any atom is 0.335 e. The Morgan fingerprint density at radius 1 is 1.50 bits per heavy atom. The van der Waals surface area contributed by atoms with Gasteiger partial charge in [0.2, 0.25) is 5.91 Å². The fraction of sp³-hybridized carbons (Fsp3) is 0.273. The molecule has 0 aliphatic carbocycles. The first-order chi connectivity index (χ1) is 8.65. The lowest BCUT2D eigenvalue weighted by Gasteiger charge is -2.08. The molecule has 0 spiro atoms. The summed E-state index contributed by atoms with van der Waals surface area (Å²) in [4.78, 5) is 22.1. The lowest BCUT2D eigenvalue weighted by atomic mass is 10.2. The van der Waals surface area contributed by atoms with Crippen molar-refractivity contribution in [2.45, 2.75) is 12.5 Å². The number of hydrogen-bond donors (Lipinski definition) is 2. The molecule has 1 unspecified atom stereocenters. The second-order valence-corrected chi connectivity index (χ2v) is 4.20. The molecule has 1 aromatic heterocycles. The van der Waals surface area contributed by atoms with Gasteiger partial charge in [0.25, 0.3) is 0 Å². The van der Waals surface area contributed by atoms with Gasteiger partial charge in [0.05, 0.1) is 23.5 Å². The van der Waals surface area contributed by atoms with Crippen LogP contribution in [0, 0.1) is 0 Å². The van der Waals surface area contributed by atoms with Crippen LogP contribution in [0.15, 0.2) is 18.2 Å². The molecule has 1 aliphatic rings. The molecular formula is C11H10N4O3. The number of aromatic nitrogens is 3. The quantitative estimate of drug-likeness (QED) is 0.788. The smallest absolute Gasteiger partial charge is 0.335 e. The SMILES string of the molecule is O=C1CC(n2nnc3ccc(C(=O)O)cc32)CN1. The van der Waals surface area contributed by atoms with Gasteiger partial charge in [-0.05, 0) is 18.2 Å². The normalized spacial score (nSPS) is 19.1. The summed E-state index contributed by atoms with van der Waals surface area (Å²) in [5, 5.41) is 19.6. The Balaban J connectivity index is 2.09. The van der Waals surface area contributed by atoms with Crippen LogP contribution >= 0.6 is 0 Å². The van der Waals surface area contributed by atoms with Gasteiger partial charge in [0.15, 0.2) is 0 Å². The van der Waals surface area contributed by atoms with Gasteiger partial charge in [-0.1, -0.05) is 5.21 Å². The molecule has 2 aromatic rings. The molecule has 0 saturated carbocycles. The summed E-state index contributed by atoms with van der Waals surface area (Å²) < 4.78 is 1.61. The van der Waals surface area contributed by atoms with Crippen LogP contribution in [0.1, 0.15) is 22.8 Å². The number of aromatic carboxylic acids is 1. The van der Waals surface area contributed by atoms with Crippen molar-refractivity contribution < 1.29 is 14.7 Å². The van der Waals surface area contributed by atoms with Crippen LogP contribution in [0.3, 0.4) is 0 Å². The maximum atomic E-state index is 11.2. The van der Waals surface area contributed by atoms with Gasteiger partial charge >= 0.3 is 5.97 Å². The van der Waals surface area contributed by atoms with Gasteiger partial charge in [-0.3, -0.25) is 4.79 Å². The molecule has 1 saturated heterocycles. The number of hydrogen-bond acceptors (Lipinski definition) is 4. The molecule has 7 heteroatoms. The Morgan fingerprint density at radius 3 is 3.00 bits per heavy atom.